The van der Waals surface area contributed by atoms with Gasteiger partial charge in [0.1, 0.15) is 15.6 Å². The first-order valence-corrected chi connectivity index (χ1v) is 11.3. The van der Waals surface area contributed by atoms with Crippen LogP contribution in [0.3, 0.4) is 0 Å². The average Bonchev–Trinajstić information content (AvgIpc) is 3.26. The Balaban J connectivity index is 1.49. The molecule has 0 bridgehead atoms. The van der Waals surface area contributed by atoms with Crippen LogP contribution in [0, 0.1) is 5.92 Å². The van der Waals surface area contributed by atoms with Gasteiger partial charge in [0.2, 0.25) is 0 Å². The van der Waals surface area contributed by atoms with Crippen LogP contribution in [0.4, 0.5) is 0 Å². The van der Waals surface area contributed by atoms with Gasteiger partial charge in [-0.05, 0) is 37.1 Å². The maximum absolute atomic E-state index is 12.6. The minimum Gasteiger partial charge on any atom is -0.312 e. The Morgan fingerprint density at radius 1 is 1.20 bits per heavy atom. The van der Waals surface area contributed by atoms with Crippen LogP contribution < -0.4 is 5.32 Å². The first-order valence-electron chi connectivity index (χ1n) is 8.96. The van der Waals surface area contributed by atoms with Crippen molar-refractivity contribution in [2.24, 2.45) is 10.9 Å². The standard InChI is InChI=1S/C17H23N3O3S2/c21-16-17(19-15(18-16)13-5-2-1-3-6-13)8-10-20(11-9-17)25(22,23)14-7-4-12-24-14/h4,7,12-13H,1-3,5-6,8-11H2,(H,18,19,21). The van der Waals surface area contributed by atoms with Crippen molar-refractivity contribution in [3.63, 3.8) is 0 Å². The molecule has 1 N–H and O–H groups in total. The summed E-state index contributed by atoms with van der Waals surface area (Å²) in [5.41, 5.74) is -0.756. The summed E-state index contributed by atoms with van der Waals surface area (Å²) < 4.78 is 27.1. The molecule has 6 nitrogen and oxygen atoms in total. The third kappa shape index (κ3) is 3.04. The summed E-state index contributed by atoms with van der Waals surface area (Å²) in [7, 11) is -3.44. The summed E-state index contributed by atoms with van der Waals surface area (Å²) >= 11 is 1.23. The summed E-state index contributed by atoms with van der Waals surface area (Å²) in [5.74, 6) is 1.17. The van der Waals surface area contributed by atoms with Crippen LogP contribution in [0.2, 0.25) is 0 Å². The van der Waals surface area contributed by atoms with Crippen molar-refractivity contribution in [3.05, 3.63) is 17.5 Å². The van der Waals surface area contributed by atoms with Gasteiger partial charge in [-0.25, -0.2) is 8.42 Å². The number of rotatable bonds is 3. The number of sulfonamides is 1. The SMILES string of the molecule is O=C1NC(C2CCCCC2)=NC12CCN(S(=O)(=O)c1cccs1)CC2. The zero-order valence-electron chi connectivity index (χ0n) is 14.1. The molecule has 136 valence electrons. The second kappa shape index (κ2) is 6.48. The fraction of sp³-hybridized carbons (Fsp3) is 0.647. The van der Waals surface area contributed by atoms with Crippen LogP contribution in [0.25, 0.3) is 0 Å². The monoisotopic (exact) mass is 381 g/mol. The fourth-order valence-corrected chi connectivity index (χ4v) is 6.67. The van der Waals surface area contributed by atoms with Gasteiger partial charge in [-0.2, -0.15) is 4.31 Å². The molecule has 0 unspecified atom stereocenters. The molecule has 1 aliphatic carbocycles. The minimum absolute atomic E-state index is 0.0405. The molecule has 1 aromatic heterocycles. The van der Waals surface area contributed by atoms with E-state index in [2.05, 4.69) is 5.32 Å². The van der Waals surface area contributed by atoms with Gasteiger partial charge in [-0.3, -0.25) is 9.79 Å². The number of nitrogens with one attached hydrogen (secondary N) is 1. The molecule has 1 amide bonds. The number of thiophene rings is 1. The topological polar surface area (TPSA) is 78.8 Å². The molecule has 0 radical (unpaired) electrons. The molecule has 1 saturated heterocycles. The number of hydrogen-bond acceptors (Lipinski definition) is 5. The molecular weight excluding hydrogens is 358 g/mol. The van der Waals surface area contributed by atoms with Crippen LogP contribution in [0.5, 0.6) is 0 Å². The average molecular weight is 382 g/mol. The maximum atomic E-state index is 12.6. The number of carbonyl (C=O) groups is 1. The van der Waals surface area contributed by atoms with Crippen molar-refractivity contribution in [2.45, 2.75) is 54.7 Å². The zero-order chi connectivity index (χ0) is 17.5. The predicted molar refractivity (Wildman–Crippen MR) is 97.2 cm³/mol. The van der Waals surface area contributed by atoms with Gasteiger partial charge in [-0.1, -0.05) is 25.3 Å². The van der Waals surface area contributed by atoms with E-state index in [1.54, 1.807) is 17.5 Å². The lowest BCUT2D eigenvalue weighted by Gasteiger charge is -2.34. The summed E-state index contributed by atoms with van der Waals surface area (Å²) in [6.45, 7) is 0.685. The second-order valence-electron chi connectivity index (χ2n) is 7.15. The van der Waals surface area contributed by atoms with Crippen LogP contribution in [0.15, 0.2) is 26.7 Å². The predicted octanol–water partition coefficient (Wildman–Crippen LogP) is 2.38. The number of amides is 1. The molecule has 1 saturated carbocycles. The van der Waals surface area contributed by atoms with E-state index >= 15 is 0 Å². The first-order chi connectivity index (χ1) is 12.0. The molecule has 8 heteroatoms. The molecule has 3 aliphatic rings. The largest absolute Gasteiger partial charge is 0.312 e. The lowest BCUT2D eigenvalue weighted by atomic mass is 9.88. The van der Waals surface area contributed by atoms with Crippen LogP contribution in [-0.4, -0.2) is 43.1 Å². The number of amidine groups is 1. The fourth-order valence-electron chi connectivity index (χ4n) is 4.08. The molecule has 0 atom stereocenters. The van der Waals surface area contributed by atoms with Crippen LogP contribution >= 0.6 is 11.3 Å². The molecule has 0 aromatic carbocycles. The van der Waals surface area contributed by atoms with Crippen molar-refractivity contribution < 1.29 is 13.2 Å². The summed E-state index contributed by atoms with van der Waals surface area (Å²) in [6, 6.07) is 3.38. The normalized spacial score (nSPS) is 25.1. The smallest absolute Gasteiger partial charge is 0.253 e. The van der Waals surface area contributed by atoms with E-state index < -0.39 is 15.6 Å². The van der Waals surface area contributed by atoms with Gasteiger partial charge in [-0.15, -0.1) is 11.3 Å². The highest BCUT2D eigenvalue weighted by atomic mass is 32.2. The molecule has 2 fully saturated rings. The molecule has 2 aliphatic heterocycles. The summed E-state index contributed by atoms with van der Waals surface area (Å²) in [4.78, 5) is 17.4. The number of hydrogen-bond donors (Lipinski definition) is 1. The van der Waals surface area contributed by atoms with Crippen molar-refractivity contribution in [1.29, 1.82) is 0 Å². The third-order valence-corrected chi connectivity index (χ3v) is 8.90. The summed E-state index contributed by atoms with van der Waals surface area (Å²) in [5, 5.41) is 4.78. The minimum atomic E-state index is -3.44. The lowest BCUT2D eigenvalue weighted by Crippen LogP contribution is -2.50. The Kier molecular flexibility index (Phi) is 4.45. The Bertz CT molecular complexity index is 772. The van der Waals surface area contributed by atoms with Crippen molar-refractivity contribution in [1.82, 2.24) is 9.62 Å². The van der Waals surface area contributed by atoms with E-state index in [1.807, 2.05) is 0 Å². The van der Waals surface area contributed by atoms with E-state index in [0.717, 1.165) is 18.7 Å². The molecule has 3 heterocycles. The van der Waals surface area contributed by atoms with Gasteiger partial charge in [0.05, 0.1) is 0 Å². The highest BCUT2D eigenvalue weighted by Crippen LogP contribution is 2.35. The number of piperidine rings is 1. The molecular formula is C17H23N3O3S2. The van der Waals surface area contributed by atoms with Crippen molar-refractivity contribution in [2.75, 3.05) is 13.1 Å². The number of carbonyl (C=O) groups excluding carboxylic acids is 1. The quantitative estimate of drug-likeness (QED) is 0.873. The van der Waals surface area contributed by atoms with E-state index in [0.29, 0.717) is 36.1 Å². The molecule has 4 rings (SSSR count). The van der Waals surface area contributed by atoms with E-state index in [9.17, 15) is 13.2 Å². The van der Waals surface area contributed by atoms with Gasteiger partial charge in [0.15, 0.2) is 0 Å². The van der Waals surface area contributed by atoms with Gasteiger partial charge in [0, 0.05) is 19.0 Å². The van der Waals surface area contributed by atoms with E-state index in [1.165, 1.54) is 34.9 Å². The maximum Gasteiger partial charge on any atom is 0.253 e. The Labute approximate surface area is 152 Å². The second-order valence-corrected chi connectivity index (χ2v) is 10.3. The van der Waals surface area contributed by atoms with Crippen LogP contribution in [0.1, 0.15) is 44.9 Å². The Hall–Kier alpha value is -1.25. The molecule has 1 aromatic rings. The Morgan fingerprint density at radius 3 is 2.56 bits per heavy atom. The van der Waals surface area contributed by atoms with Crippen molar-refractivity contribution in [3.8, 4) is 0 Å². The molecule has 1 spiro atoms. The van der Waals surface area contributed by atoms with Gasteiger partial charge < -0.3 is 5.32 Å². The highest BCUT2D eigenvalue weighted by molar-refractivity contribution is 7.91. The zero-order valence-corrected chi connectivity index (χ0v) is 15.7. The lowest BCUT2D eigenvalue weighted by molar-refractivity contribution is -0.125. The summed E-state index contributed by atoms with van der Waals surface area (Å²) in [6.07, 6.45) is 6.75. The van der Waals surface area contributed by atoms with Crippen LogP contribution in [-0.2, 0) is 14.8 Å². The molecule has 25 heavy (non-hydrogen) atoms. The van der Waals surface area contributed by atoms with Gasteiger partial charge >= 0.3 is 0 Å². The van der Waals surface area contributed by atoms with Gasteiger partial charge in [0.25, 0.3) is 15.9 Å². The Morgan fingerprint density at radius 2 is 1.92 bits per heavy atom. The number of nitrogens with zero attached hydrogens (tertiary/aromatic N) is 2. The van der Waals surface area contributed by atoms with Crippen molar-refractivity contribution >= 4 is 33.1 Å². The van der Waals surface area contributed by atoms with E-state index in [-0.39, 0.29) is 5.91 Å². The third-order valence-electron chi connectivity index (χ3n) is 5.63. The first kappa shape index (κ1) is 17.2. The number of aliphatic imine (C=N–C) groups is 1. The van der Waals surface area contributed by atoms with E-state index in [4.69, 9.17) is 4.99 Å². The highest BCUT2D eigenvalue weighted by Gasteiger charge is 2.48.